The zero-order valence-corrected chi connectivity index (χ0v) is 16.9. The molecule has 5 nitrogen and oxygen atoms in total. The van der Waals surface area contributed by atoms with E-state index < -0.39 is 6.04 Å². The summed E-state index contributed by atoms with van der Waals surface area (Å²) in [5.74, 6) is 1.21. The zero-order chi connectivity index (χ0) is 19.8. The monoisotopic (exact) mass is 398 g/mol. The SMILES string of the molecule is COCCCNC(=O)[C@H](CSCc1ccccc1)N1Cc2ccccc2C1=O. The number of hydrogen-bond donors (Lipinski definition) is 1. The number of nitrogens with one attached hydrogen (secondary N) is 1. The molecule has 1 aliphatic heterocycles. The fourth-order valence-electron chi connectivity index (χ4n) is 3.24. The molecular formula is C22H26N2O3S. The van der Waals surface area contributed by atoms with Gasteiger partial charge in [0.1, 0.15) is 6.04 Å². The number of rotatable bonds is 10. The molecule has 0 unspecified atom stereocenters. The second-order valence-corrected chi connectivity index (χ2v) is 7.77. The predicted molar refractivity (Wildman–Crippen MR) is 112 cm³/mol. The summed E-state index contributed by atoms with van der Waals surface area (Å²) < 4.78 is 5.04. The summed E-state index contributed by atoms with van der Waals surface area (Å²) >= 11 is 1.67. The molecule has 0 saturated carbocycles. The van der Waals surface area contributed by atoms with Crippen LogP contribution in [0.4, 0.5) is 0 Å². The molecule has 1 atom stereocenters. The second-order valence-electron chi connectivity index (χ2n) is 6.74. The molecule has 0 radical (unpaired) electrons. The average Bonchev–Trinajstić information content (AvgIpc) is 3.06. The first-order chi connectivity index (χ1) is 13.7. The number of nitrogens with zero attached hydrogens (tertiary/aromatic N) is 1. The quantitative estimate of drug-likeness (QED) is 0.625. The van der Waals surface area contributed by atoms with E-state index in [9.17, 15) is 9.59 Å². The molecule has 6 heteroatoms. The van der Waals surface area contributed by atoms with Gasteiger partial charge in [-0.05, 0) is 23.6 Å². The maximum Gasteiger partial charge on any atom is 0.255 e. The van der Waals surface area contributed by atoms with Gasteiger partial charge in [0.15, 0.2) is 0 Å². The summed E-state index contributed by atoms with van der Waals surface area (Å²) in [6.45, 7) is 1.63. The van der Waals surface area contributed by atoms with Gasteiger partial charge in [-0.25, -0.2) is 0 Å². The van der Waals surface area contributed by atoms with Crippen LogP contribution >= 0.6 is 11.8 Å². The smallest absolute Gasteiger partial charge is 0.255 e. The minimum atomic E-state index is -0.490. The third-order valence-corrected chi connectivity index (χ3v) is 5.83. The van der Waals surface area contributed by atoms with Crippen LogP contribution < -0.4 is 5.32 Å². The van der Waals surface area contributed by atoms with Crippen molar-refractivity contribution >= 4 is 23.6 Å². The Morgan fingerprint density at radius 3 is 2.68 bits per heavy atom. The van der Waals surface area contributed by atoms with Crippen molar-refractivity contribution < 1.29 is 14.3 Å². The Hall–Kier alpha value is -2.31. The molecule has 1 aliphatic rings. The lowest BCUT2D eigenvalue weighted by Crippen LogP contribution is -2.49. The van der Waals surface area contributed by atoms with Crippen LogP contribution in [0.1, 0.15) is 27.9 Å². The maximum atomic E-state index is 12.9. The van der Waals surface area contributed by atoms with Gasteiger partial charge in [0, 0.05) is 43.9 Å². The van der Waals surface area contributed by atoms with E-state index in [1.165, 1.54) is 5.56 Å². The van der Waals surface area contributed by atoms with Crippen LogP contribution in [0.5, 0.6) is 0 Å². The second kappa shape index (κ2) is 10.3. The highest BCUT2D eigenvalue weighted by Crippen LogP contribution is 2.26. The Morgan fingerprint density at radius 1 is 1.18 bits per heavy atom. The van der Waals surface area contributed by atoms with Gasteiger partial charge in [-0.3, -0.25) is 9.59 Å². The van der Waals surface area contributed by atoms with Gasteiger partial charge in [-0.2, -0.15) is 11.8 Å². The van der Waals surface area contributed by atoms with Crippen LogP contribution in [0.3, 0.4) is 0 Å². The van der Waals surface area contributed by atoms with Crippen molar-refractivity contribution in [2.75, 3.05) is 26.0 Å². The van der Waals surface area contributed by atoms with E-state index in [0.717, 1.165) is 17.7 Å². The van der Waals surface area contributed by atoms with E-state index in [1.54, 1.807) is 23.8 Å². The van der Waals surface area contributed by atoms with Gasteiger partial charge in [-0.15, -0.1) is 0 Å². The highest BCUT2D eigenvalue weighted by molar-refractivity contribution is 7.98. The molecule has 0 bridgehead atoms. The first-order valence-corrected chi connectivity index (χ1v) is 10.6. The third kappa shape index (κ3) is 5.14. The topological polar surface area (TPSA) is 58.6 Å². The highest BCUT2D eigenvalue weighted by Gasteiger charge is 2.35. The Balaban J connectivity index is 1.66. The van der Waals surface area contributed by atoms with Crippen molar-refractivity contribution in [1.29, 1.82) is 0 Å². The number of methoxy groups -OCH3 is 1. The first kappa shape index (κ1) is 20.4. The van der Waals surface area contributed by atoms with Gasteiger partial charge in [0.05, 0.1) is 0 Å². The van der Waals surface area contributed by atoms with Crippen molar-refractivity contribution in [3.8, 4) is 0 Å². The van der Waals surface area contributed by atoms with Crippen LogP contribution in [0, 0.1) is 0 Å². The minimum Gasteiger partial charge on any atom is -0.385 e. The van der Waals surface area contributed by atoms with E-state index >= 15 is 0 Å². The standard InChI is InChI=1S/C22H26N2O3S/c1-27-13-7-12-23-21(25)20(16-28-15-17-8-3-2-4-9-17)24-14-18-10-5-6-11-19(18)22(24)26/h2-6,8-11,20H,7,12-16H2,1H3,(H,23,25)/t20-/m0/s1. The minimum absolute atomic E-state index is 0.0621. The molecule has 2 amide bonds. The summed E-state index contributed by atoms with van der Waals surface area (Å²) in [7, 11) is 1.64. The van der Waals surface area contributed by atoms with Gasteiger partial charge in [0.2, 0.25) is 5.91 Å². The van der Waals surface area contributed by atoms with Crippen LogP contribution in [0.2, 0.25) is 0 Å². The molecule has 0 fully saturated rings. The number of fused-ring (bicyclic) bond motifs is 1. The Bertz CT molecular complexity index is 797. The molecule has 0 aromatic heterocycles. The van der Waals surface area contributed by atoms with Gasteiger partial charge in [-0.1, -0.05) is 48.5 Å². The van der Waals surface area contributed by atoms with Crippen LogP contribution in [0.25, 0.3) is 0 Å². The molecule has 148 valence electrons. The lowest BCUT2D eigenvalue weighted by atomic mass is 10.1. The Kier molecular flexibility index (Phi) is 7.51. The van der Waals surface area contributed by atoms with Gasteiger partial charge >= 0.3 is 0 Å². The van der Waals surface area contributed by atoms with Gasteiger partial charge in [0.25, 0.3) is 5.91 Å². The highest BCUT2D eigenvalue weighted by atomic mass is 32.2. The van der Waals surface area contributed by atoms with Crippen LogP contribution in [0.15, 0.2) is 54.6 Å². The number of thioether (sulfide) groups is 1. The summed E-state index contributed by atoms with van der Waals surface area (Å²) in [4.78, 5) is 27.4. The number of carbonyl (C=O) groups excluding carboxylic acids is 2. The largest absolute Gasteiger partial charge is 0.385 e. The summed E-state index contributed by atoms with van der Waals surface area (Å²) in [6, 6.07) is 17.3. The molecule has 2 aromatic carbocycles. The molecule has 0 saturated heterocycles. The van der Waals surface area contributed by atoms with E-state index in [0.29, 0.717) is 31.0 Å². The molecule has 28 heavy (non-hydrogen) atoms. The normalized spacial score (nSPS) is 14.0. The van der Waals surface area contributed by atoms with Crippen molar-refractivity contribution in [3.05, 3.63) is 71.3 Å². The van der Waals surface area contributed by atoms with Crippen LogP contribution in [-0.2, 0) is 21.8 Å². The lowest BCUT2D eigenvalue weighted by molar-refractivity contribution is -0.125. The van der Waals surface area contributed by atoms with Crippen molar-refractivity contribution in [2.45, 2.75) is 24.8 Å². The molecule has 0 aliphatic carbocycles. The van der Waals surface area contributed by atoms with Crippen molar-refractivity contribution in [1.82, 2.24) is 10.2 Å². The summed E-state index contributed by atoms with van der Waals surface area (Å²) in [6.07, 6.45) is 0.750. The summed E-state index contributed by atoms with van der Waals surface area (Å²) in [5, 5.41) is 2.96. The number of amides is 2. The fourth-order valence-corrected chi connectivity index (χ4v) is 4.34. The predicted octanol–water partition coefficient (Wildman–Crippen LogP) is 3.10. The molecule has 1 heterocycles. The van der Waals surface area contributed by atoms with Crippen LogP contribution in [-0.4, -0.2) is 48.8 Å². The van der Waals surface area contributed by atoms with E-state index in [4.69, 9.17) is 4.74 Å². The Morgan fingerprint density at radius 2 is 1.93 bits per heavy atom. The van der Waals surface area contributed by atoms with E-state index in [1.807, 2.05) is 42.5 Å². The van der Waals surface area contributed by atoms with Gasteiger partial charge < -0.3 is 15.0 Å². The number of hydrogen-bond acceptors (Lipinski definition) is 4. The summed E-state index contributed by atoms with van der Waals surface area (Å²) in [5.41, 5.74) is 2.90. The number of ether oxygens (including phenoxy) is 1. The first-order valence-electron chi connectivity index (χ1n) is 9.48. The number of benzene rings is 2. The molecule has 2 aromatic rings. The van der Waals surface area contributed by atoms with E-state index in [2.05, 4.69) is 17.4 Å². The molecule has 3 rings (SSSR count). The fraction of sp³-hybridized carbons (Fsp3) is 0.364. The zero-order valence-electron chi connectivity index (χ0n) is 16.1. The molecular weight excluding hydrogens is 372 g/mol. The molecule has 0 spiro atoms. The van der Waals surface area contributed by atoms with Crippen molar-refractivity contribution in [3.63, 3.8) is 0 Å². The number of carbonyl (C=O) groups is 2. The molecule has 1 N–H and O–H groups in total. The van der Waals surface area contributed by atoms with Crippen molar-refractivity contribution in [2.24, 2.45) is 0 Å². The Labute approximate surface area is 170 Å². The average molecular weight is 399 g/mol. The maximum absolute atomic E-state index is 12.9. The van der Waals surface area contributed by atoms with E-state index in [-0.39, 0.29) is 11.8 Å². The lowest BCUT2D eigenvalue weighted by Gasteiger charge is -2.26. The third-order valence-electron chi connectivity index (χ3n) is 4.74.